The molecule has 0 saturated carbocycles. The molecule has 0 spiro atoms. The number of hydrogen-bond donors (Lipinski definition) is 4. The highest BCUT2D eigenvalue weighted by molar-refractivity contribution is 5.93. The summed E-state index contributed by atoms with van der Waals surface area (Å²) in [6.07, 6.45) is 2.79. The van der Waals surface area contributed by atoms with Gasteiger partial charge in [0.25, 0.3) is 0 Å². The first-order valence-electron chi connectivity index (χ1n) is 12.9. The first-order chi connectivity index (χ1) is 18.5. The zero-order chi connectivity index (χ0) is 28.4. The lowest BCUT2D eigenvalue weighted by molar-refractivity contribution is -0.155. The molecule has 0 fully saturated rings. The number of anilines is 3. The SMILES string of the molecule is CCCNc1nc(Nc2ccc(C(N)=O)cc2)ncc1-c1ccc(CNC(=O)CCC(=O)OC(C)(C)C)cc1. The van der Waals surface area contributed by atoms with Crippen molar-refractivity contribution in [3.8, 4) is 11.1 Å². The van der Waals surface area contributed by atoms with Crippen molar-refractivity contribution in [3.63, 3.8) is 0 Å². The van der Waals surface area contributed by atoms with Gasteiger partial charge in [-0.25, -0.2) is 4.98 Å². The van der Waals surface area contributed by atoms with E-state index in [0.717, 1.165) is 35.3 Å². The van der Waals surface area contributed by atoms with Crippen LogP contribution in [0.2, 0.25) is 0 Å². The van der Waals surface area contributed by atoms with Gasteiger partial charge in [0.2, 0.25) is 17.8 Å². The Labute approximate surface area is 228 Å². The Morgan fingerprint density at radius 3 is 2.28 bits per heavy atom. The summed E-state index contributed by atoms with van der Waals surface area (Å²) in [5, 5.41) is 9.34. The molecule has 206 valence electrons. The predicted octanol–water partition coefficient (Wildman–Crippen LogP) is 4.55. The van der Waals surface area contributed by atoms with Crippen LogP contribution < -0.4 is 21.7 Å². The summed E-state index contributed by atoms with van der Waals surface area (Å²) in [4.78, 5) is 44.4. The number of primary amides is 1. The van der Waals surface area contributed by atoms with Gasteiger partial charge in [-0.2, -0.15) is 4.98 Å². The smallest absolute Gasteiger partial charge is 0.306 e. The molecule has 0 aliphatic carbocycles. The molecule has 0 aliphatic heterocycles. The lowest BCUT2D eigenvalue weighted by Crippen LogP contribution is -2.26. The molecule has 0 radical (unpaired) electrons. The van der Waals surface area contributed by atoms with Gasteiger partial charge in [0.05, 0.1) is 6.42 Å². The minimum Gasteiger partial charge on any atom is -0.460 e. The van der Waals surface area contributed by atoms with E-state index in [9.17, 15) is 14.4 Å². The maximum Gasteiger partial charge on any atom is 0.306 e. The largest absolute Gasteiger partial charge is 0.460 e. The quantitative estimate of drug-likeness (QED) is 0.248. The summed E-state index contributed by atoms with van der Waals surface area (Å²) in [7, 11) is 0. The van der Waals surface area contributed by atoms with Crippen LogP contribution in [0.4, 0.5) is 17.5 Å². The first-order valence-corrected chi connectivity index (χ1v) is 12.9. The molecule has 0 atom stereocenters. The average molecular weight is 533 g/mol. The molecule has 39 heavy (non-hydrogen) atoms. The van der Waals surface area contributed by atoms with E-state index in [0.29, 0.717) is 23.9 Å². The maximum atomic E-state index is 12.2. The number of carbonyl (C=O) groups excluding carboxylic acids is 3. The Morgan fingerprint density at radius 1 is 0.974 bits per heavy atom. The van der Waals surface area contributed by atoms with Crippen LogP contribution >= 0.6 is 0 Å². The third-order valence-corrected chi connectivity index (χ3v) is 5.49. The van der Waals surface area contributed by atoms with Gasteiger partial charge >= 0.3 is 5.97 Å². The molecule has 2 amide bonds. The zero-order valence-corrected chi connectivity index (χ0v) is 22.8. The number of esters is 1. The van der Waals surface area contributed by atoms with Crippen molar-refractivity contribution in [3.05, 3.63) is 65.9 Å². The molecule has 0 unspecified atom stereocenters. The third kappa shape index (κ3) is 9.41. The molecule has 3 rings (SSSR count). The van der Waals surface area contributed by atoms with Crippen molar-refractivity contribution < 1.29 is 19.1 Å². The van der Waals surface area contributed by atoms with E-state index in [2.05, 4.69) is 32.8 Å². The van der Waals surface area contributed by atoms with Gasteiger partial charge in [-0.1, -0.05) is 31.2 Å². The monoisotopic (exact) mass is 532 g/mol. The molecule has 0 bridgehead atoms. The van der Waals surface area contributed by atoms with Crippen LogP contribution in [0.5, 0.6) is 0 Å². The Morgan fingerprint density at radius 2 is 1.67 bits per heavy atom. The molecule has 1 aromatic heterocycles. The average Bonchev–Trinajstić information content (AvgIpc) is 2.89. The van der Waals surface area contributed by atoms with Crippen molar-refractivity contribution in [2.24, 2.45) is 5.73 Å². The van der Waals surface area contributed by atoms with E-state index in [4.69, 9.17) is 10.5 Å². The summed E-state index contributed by atoms with van der Waals surface area (Å²) in [6, 6.07) is 14.5. The van der Waals surface area contributed by atoms with Gasteiger partial charge in [0, 0.05) is 42.5 Å². The number of amides is 2. The molecule has 0 aliphatic rings. The molecule has 3 aromatic rings. The highest BCUT2D eigenvalue weighted by Gasteiger charge is 2.17. The second-order valence-corrected chi connectivity index (χ2v) is 10.0. The van der Waals surface area contributed by atoms with Gasteiger partial charge in [-0.15, -0.1) is 0 Å². The third-order valence-electron chi connectivity index (χ3n) is 5.49. The van der Waals surface area contributed by atoms with Crippen LogP contribution in [0.3, 0.4) is 0 Å². The number of rotatable bonds is 12. The van der Waals surface area contributed by atoms with Crippen LogP contribution in [-0.2, 0) is 20.9 Å². The van der Waals surface area contributed by atoms with Crippen molar-refractivity contribution in [2.75, 3.05) is 17.2 Å². The Balaban J connectivity index is 1.63. The van der Waals surface area contributed by atoms with Crippen molar-refractivity contribution >= 4 is 35.2 Å². The van der Waals surface area contributed by atoms with Gasteiger partial charge in [-0.05, 0) is 62.6 Å². The number of nitrogens with zero attached hydrogens (tertiary/aromatic N) is 2. The van der Waals surface area contributed by atoms with Gasteiger partial charge < -0.3 is 26.4 Å². The van der Waals surface area contributed by atoms with Crippen LogP contribution in [0.1, 0.15) is 62.9 Å². The van der Waals surface area contributed by atoms with Gasteiger partial charge in [-0.3, -0.25) is 14.4 Å². The topological polar surface area (TPSA) is 148 Å². The lowest BCUT2D eigenvalue weighted by atomic mass is 10.1. The summed E-state index contributed by atoms with van der Waals surface area (Å²) >= 11 is 0. The van der Waals surface area contributed by atoms with E-state index in [1.54, 1.807) is 51.2 Å². The van der Waals surface area contributed by atoms with Gasteiger partial charge in [0.15, 0.2) is 0 Å². The van der Waals surface area contributed by atoms with Crippen molar-refractivity contribution in [1.82, 2.24) is 15.3 Å². The van der Waals surface area contributed by atoms with Crippen LogP contribution in [-0.4, -0.2) is 39.9 Å². The summed E-state index contributed by atoms with van der Waals surface area (Å²) < 4.78 is 5.24. The van der Waals surface area contributed by atoms with Crippen LogP contribution in [0, 0.1) is 0 Å². The predicted molar refractivity (Wildman–Crippen MR) is 151 cm³/mol. The zero-order valence-electron chi connectivity index (χ0n) is 22.8. The molecule has 5 N–H and O–H groups in total. The van der Waals surface area contributed by atoms with E-state index < -0.39 is 11.5 Å². The number of ether oxygens (including phenoxy) is 1. The molecule has 1 heterocycles. The summed E-state index contributed by atoms with van der Waals surface area (Å²) in [6.45, 7) is 8.55. The molecule has 2 aromatic carbocycles. The highest BCUT2D eigenvalue weighted by Crippen LogP contribution is 2.28. The molecular formula is C29H36N6O4. The minimum absolute atomic E-state index is 0.0408. The summed E-state index contributed by atoms with van der Waals surface area (Å²) in [5.41, 5.74) is 8.57. The standard InChI is InChI=1S/C29H36N6O4/c1-5-16-31-27-23(18-33-28(35-27)34-22-12-10-21(11-13-22)26(30)38)20-8-6-19(7-9-20)17-32-24(36)14-15-25(37)39-29(2,3)4/h6-13,18H,5,14-17H2,1-4H3,(H2,30,38)(H,32,36)(H2,31,33,34,35). The molecular weight excluding hydrogens is 496 g/mol. The van der Waals surface area contributed by atoms with Gasteiger partial charge in [0.1, 0.15) is 11.4 Å². The van der Waals surface area contributed by atoms with E-state index >= 15 is 0 Å². The van der Waals surface area contributed by atoms with Crippen molar-refractivity contribution in [1.29, 1.82) is 0 Å². The fraction of sp³-hybridized carbons (Fsp3) is 0.345. The lowest BCUT2D eigenvalue weighted by Gasteiger charge is -2.19. The second-order valence-electron chi connectivity index (χ2n) is 10.0. The highest BCUT2D eigenvalue weighted by atomic mass is 16.6. The number of hydrogen-bond acceptors (Lipinski definition) is 8. The Kier molecular flexibility index (Phi) is 9.97. The number of nitrogens with one attached hydrogen (secondary N) is 3. The van der Waals surface area contributed by atoms with Crippen LogP contribution in [0.25, 0.3) is 11.1 Å². The maximum absolute atomic E-state index is 12.2. The van der Waals surface area contributed by atoms with Crippen molar-refractivity contribution in [2.45, 2.75) is 59.1 Å². The Hall–Kier alpha value is -4.47. The number of aromatic nitrogens is 2. The van der Waals surface area contributed by atoms with E-state index in [1.165, 1.54) is 0 Å². The van der Waals surface area contributed by atoms with Crippen LogP contribution in [0.15, 0.2) is 54.7 Å². The number of nitrogens with two attached hydrogens (primary N) is 1. The Bertz CT molecular complexity index is 1280. The first kappa shape index (κ1) is 29.1. The number of carbonyl (C=O) groups is 3. The summed E-state index contributed by atoms with van der Waals surface area (Å²) in [5.74, 6) is 0.0108. The minimum atomic E-state index is -0.567. The molecule has 10 heteroatoms. The number of benzene rings is 2. The van der Waals surface area contributed by atoms with E-state index in [1.807, 2.05) is 24.3 Å². The second kappa shape index (κ2) is 13.4. The fourth-order valence-corrected chi connectivity index (χ4v) is 3.58. The molecule has 10 nitrogen and oxygen atoms in total. The van der Waals surface area contributed by atoms with E-state index in [-0.39, 0.29) is 24.7 Å². The molecule has 0 saturated heterocycles. The fourth-order valence-electron chi connectivity index (χ4n) is 3.58. The normalized spacial score (nSPS) is 11.0.